The molecule has 0 fully saturated rings. The third-order valence-electron chi connectivity index (χ3n) is 3.94. The quantitative estimate of drug-likeness (QED) is 0.605. The van der Waals surface area contributed by atoms with Crippen LogP contribution in [-0.4, -0.2) is 17.1 Å². The number of carbonyl (C=O) groups excluding carboxylic acids is 1. The number of pyridine rings is 1. The first kappa shape index (κ1) is 17.1. The number of hydrogen-bond acceptors (Lipinski definition) is 4. The van der Waals surface area contributed by atoms with Gasteiger partial charge < -0.3 is 9.47 Å². The zero-order chi connectivity index (χ0) is 17.5. The highest BCUT2D eigenvalue weighted by atomic mass is 16.5. The summed E-state index contributed by atoms with van der Waals surface area (Å²) in [5, 5.41) is 1.08. The number of fused-ring (bicyclic) bond motifs is 1. The molecule has 4 nitrogen and oxygen atoms in total. The van der Waals surface area contributed by atoms with Gasteiger partial charge in [-0.2, -0.15) is 0 Å². The molecular weight excluding hydrogens is 314 g/mol. The number of esters is 1. The Morgan fingerprint density at radius 3 is 2.64 bits per heavy atom. The molecule has 4 heteroatoms. The molecule has 0 bridgehead atoms. The van der Waals surface area contributed by atoms with Gasteiger partial charge in [-0.25, -0.2) is 0 Å². The molecule has 25 heavy (non-hydrogen) atoms. The molecule has 0 radical (unpaired) electrons. The first-order valence-corrected chi connectivity index (χ1v) is 8.36. The highest BCUT2D eigenvalue weighted by Gasteiger charge is 2.12. The highest BCUT2D eigenvalue weighted by molar-refractivity contribution is 5.81. The maximum atomic E-state index is 11.9. The van der Waals surface area contributed by atoms with Crippen molar-refractivity contribution >= 4 is 16.9 Å². The van der Waals surface area contributed by atoms with Gasteiger partial charge in [0.1, 0.15) is 6.61 Å². The summed E-state index contributed by atoms with van der Waals surface area (Å²) in [6.07, 6.45) is 1.78. The Hall–Kier alpha value is -2.72. The lowest BCUT2D eigenvalue weighted by Gasteiger charge is -2.13. The second kappa shape index (κ2) is 8.40. The lowest BCUT2D eigenvalue weighted by molar-refractivity contribution is -0.148. The van der Waals surface area contributed by atoms with E-state index in [1.807, 2.05) is 67.6 Å². The molecular formula is C21H21NO3. The molecule has 0 aliphatic carbocycles. The van der Waals surface area contributed by atoms with Crippen LogP contribution < -0.4 is 0 Å². The van der Waals surface area contributed by atoms with Crippen molar-refractivity contribution in [3.05, 3.63) is 78.0 Å². The van der Waals surface area contributed by atoms with Crippen molar-refractivity contribution < 1.29 is 14.3 Å². The Morgan fingerprint density at radius 1 is 1.00 bits per heavy atom. The topological polar surface area (TPSA) is 48.4 Å². The Balaban J connectivity index is 1.49. The van der Waals surface area contributed by atoms with Gasteiger partial charge in [-0.15, -0.1) is 0 Å². The van der Waals surface area contributed by atoms with Crippen LogP contribution in [0.2, 0.25) is 0 Å². The second-order valence-electron chi connectivity index (χ2n) is 5.96. The Kier molecular flexibility index (Phi) is 5.75. The Morgan fingerprint density at radius 2 is 1.80 bits per heavy atom. The number of aromatic nitrogens is 1. The van der Waals surface area contributed by atoms with E-state index in [-0.39, 0.29) is 18.5 Å². The molecule has 0 amide bonds. The summed E-state index contributed by atoms with van der Waals surface area (Å²) < 4.78 is 11.1. The monoisotopic (exact) mass is 335 g/mol. The van der Waals surface area contributed by atoms with E-state index in [1.54, 1.807) is 6.20 Å². The molecule has 0 saturated carbocycles. The first-order valence-electron chi connectivity index (χ1n) is 8.36. The summed E-state index contributed by atoms with van der Waals surface area (Å²) in [6, 6.07) is 19.6. The van der Waals surface area contributed by atoms with E-state index in [4.69, 9.17) is 9.47 Å². The van der Waals surface area contributed by atoms with Crippen LogP contribution in [0.5, 0.6) is 0 Å². The summed E-state index contributed by atoms with van der Waals surface area (Å²) in [5.41, 5.74) is 2.93. The van der Waals surface area contributed by atoms with Crippen molar-refractivity contribution in [1.82, 2.24) is 4.98 Å². The van der Waals surface area contributed by atoms with Gasteiger partial charge in [0.25, 0.3) is 0 Å². The van der Waals surface area contributed by atoms with Crippen LogP contribution >= 0.6 is 0 Å². The third-order valence-corrected chi connectivity index (χ3v) is 3.94. The standard InChI is InChI=1S/C21H21NO3/c1-16(13-20(23)25-14-17-7-3-2-4-8-17)24-15-19-10-5-9-18-11-6-12-22-21(18)19/h2-12,16H,13-15H2,1H3. The van der Waals surface area contributed by atoms with Crippen LogP contribution in [-0.2, 0) is 27.5 Å². The van der Waals surface area contributed by atoms with Gasteiger partial charge in [0.15, 0.2) is 0 Å². The number of carbonyl (C=O) groups is 1. The van der Waals surface area contributed by atoms with Crippen LogP contribution in [0.15, 0.2) is 66.9 Å². The molecule has 0 saturated heterocycles. The summed E-state index contributed by atoms with van der Waals surface area (Å²) in [4.78, 5) is 16.3. The van der Waals surface area contributed by atoms with Crippen LogP contribution in [0.3, 0.4) is 0 Å². The fourth-order valence-corrected chi connectivity index (χ4v) is 2.61. The number of benzene rings is 2. The molecule has 1 unspecified atom stereocenters. The molecule has 1 aromatic heterocycles. The largest absolute Gasteiger partial charge is 0.461 e. The van der Waals surface area contributed by atoms with E-state index in [1.165, 1.54) is 0 Å². The van der Waals surface area contributed by atoms with E-state index in [9.17, 15) is 4.79 Å². The molecule has 1 atom stereocenters. The second-order valence-corrected chi connectivity index (χ2v) is 5.96. The number of nitrogens with zero attached hydrogens (tertiary/aromatic N) is 1. The average Bonchev–Trinajstić information content (AvgIpc) is 2.65. The van der Waals surface area contributed by atoms with Gasteiger partial charge in [0.2, 0.25) is 0 Å². The fraction of sp³-hybridized carbons (Fsp3) is 0.238. The zero-order valence-corrected chi connectivity index (χ0v) is 14.2. The average molecular weight is 335 g/mol. The highest BCUT2D eigenvalue weighted by Crippen LogP contribution is 2.17. The van der Waals surface area contributed by atoms with Gasteiger partial charge in [0.05, 0.1) is 24.6 Å². The maximum absolute atomic E-state index is 11.9. The van der Waals surface area contributed by atoms with Crippen molar-refractivity contribution in [2.75, 3.05) is 0 Å². The smallest absolute Gasteiger partial charge is 0.308 e. The lowest BCUT2D eigenvalue weighted by atomic mass is 10.1. The zero-order valence-electron chi connectivity index (χ0n) is 14.2. The Labute approximate surface area is 147 Å². The normalized spacial score (nSPS) is 12.0. The summed E-state index contributed by atoms with van der Waals surface area (Å²) in [6.45, 7) is 2.59. The van der Waals surface area contributed by atoms with Crippen molar-refractivity contribution in [3.8, 4) is 0 Å². The number of rotatable bonds is 7. The van der Waals surface area contributed by atoms with E-state index in [0.717, 1.165) is 22.0 Å². The van der Waals surface area contributed by atoms with Crippen molar-refractivity contribution in [1.29, 1.82) is 0 Å². The molecule has 0 N–H and O–H groups in total. The predicted molar refractivity (Wildman–Crippen MR) is 96.8 cm³/mol. The molecule has 3 rings (SSSR count). The minimum Gasteiger partial charge on any atom is -0.461 e. The molecule has 0 aliphatic rings. The van der Waals surface area contributed by atoms with Gasteiger partial charge in [0, 0.05) is 17.1 Å². The minimum absolute atomic E-state index is 0.220. The fourth-order valence-electron chi connectivity index (χ4n) is 2.61. The molecule has 3 aromatic rings. The first-order chi connectivity index (χ1) is 12.2. The molecule has 0 spiro atoms. The van der Waals surface area contributed by atoms with Crippen LogP contribution in [0.25, 0.3) is 10.9 Å². The lowest BCUT2D eigenvalue weighted by Crippen LogP contribution is -2.16. The number of para-hydroxylation sites is 1. The number of hydrogen-bond donors (Lipinski definition) is 0. The van der Waals surface area contributed by atoms with E-state index in [0.29, 0.717) is 13.2 Å². The van der Waals surface area contributed by atoms with E-state index < -0.39 is 0 Å². The van der Waals surface area contributed by atoms with Crippen LogP contribution in [0.4, 0.5) is 0 Å². The number of ether oxygens (including phenoxy) is 2. The third kappa shape index (κ3) is 4.88. The van der Waals surface area contributed by atoms with E-state index in [2.05, 4.69) is 4.98 Å². The van der Waals surface area contributed by atoms with Gasteiger partial charge in [-0.3, -0.25) is 9.78 Å². The molecule has 1 heterocycles. The molecule has 128 valence electrons. The predicted octanol–water partition coefficient (Wildman–Crippen LogP) is 4.27. The molecule has 0 aliphatic heterocycles. The van der Waals surface area contributed by atoms with Crippen molar-refractivity contribution in [2.24, 2.45) is 0 Å². The van der Waals surface area contributed by atoms with Gasteiger partial charge in [-0.1, -0.05) is 54.6 Å². The van der Waals surface area contributed by atoms with Crippen molar-refractivity contribution in [2.45, 2.75) is 32.7 Å². The summed E-state index contributed by atoms with van der Waals surface area (Å²) in [5.74, 6) is -0.257. The minimum atomic E-state index is -0.257. The van der Waals surface area contributed by atoms with Gasteiger partial charge >= 0.3 is 5.97 Å². The Bertz CT molecular complexity index is 827. The summed E-state index contributed by atoms with van der Waals surface area (Å²) in [7, 11) is 0. The summed E-state index contributed by atoms with van der Waals surface area (Å²) >= 11 is 0. The van der Waals surface area contributed by atoms with E-state index >= 15 is 0 Å². The van der Waals surface area contributed by atoms with Crippen LogP contribution in [0.1, 0.15) is 24.5 Å². The SMILES string of the molecule is CC(CC(=O)OCc1ccccc1)OCc1cccc2cccnc12. The van der Waals surface area contributed by atoms with Crippen LogP contribution in [0, 0.1) is 0 Å². The maximum Gasteiger partial charge on any atom is 0.308 e. The molecule has 2 aromatic carbocycles. The van der Waals surface area contributed by atoms with Gasteiger partial charge in [-0.05, 0) is 18.6 Å². The van der Waals surface area contributed by atoms with Crippen molar-refractivity contribution in [3.63, 3.8) is 0 Å².